The molecule has 3 rings (SSSR count). The fourth-order valence-corrected chi connectivity index (χ4v) is 3.73. The molecule has 2 aromatic carbocycles. The molecular formula is C18H20FNOS. The van der Waals surface area contributed by atoms with E-state index >= 15 is 0 Å². The average molecular weight is 317 g/mol. The monoisotopic (exact) mass is 317 g/mol. The molecule has 4 heteroatoms. The number of thioether (sulfide) groups is 1. The van der Waals surface area contributed by atoms with Gasteiger partial charge in [0.2, 0.25) is 0 Å². The molecule has 0 amide bonds. The highest BCUT2D eigenvalue weighted by molar-refractivity contribution is 8.00. The van der Waals surface area contributed by atoms with E-state index < -0.39 is 0 Å². The van der Waals surface area contributed by atoms with Crippen LogP contribution in [-0.2, 0) is 6.61 Å². The van der Waals surface area contributed by atoms with Crippen LogP contribution in [0.3, 0.4) is 0 Å². The van der Waals surface area contributed by atoms with Gasteiger partial charge in [0.15, 0.2) is 0 Å². The predicted octanol–water partition coefficient (Wildman–Crippen LogP) is 4.25. The molecule has 22 heavy (non-hydrogen) atoms. The fraction of sp³-hybridized carbons (Fsp3) is 0.333. The number of piperidine rings is 1. The minimum Gasteiger partial charge on any atom is -0.489 e. The summed E-state index contributed by atoms with van der Waals surface area (Å²) in [6, 6.07) is 14.7. The molecule has 0 aromatic heterocycles. The SMILES string of the molecule is Fc1cccc(COc2cccc(SC3CCNCC3)c2)c1. The second kappa shape index (κ2) is 7.65. The first kappa shape index (κ1) is 15.4. The molecule has 0 unspecified atom stereocenters. The maximum absolute atomic E-state index is 13.2. The Morgan fingerprint density at radius 1 is 1.09 bits per heavy atom. The van der Waals surface area contributed by atoms with E-state index in [-0.39, 0.29) is 5.82 Å². The van der Waals surface area contributed by atoms with Crippen molar-refractivity contribution in [3.8, 4) is 5.75 Å². The van der Waals surface area contributed by atoms with Gasteiger partial charge in [-0.25, -0.2) is 4.39 Å². The van der Waals surface area contributed by atoms with Crippen LogP contribution in [0.4, 0.5) is 4.39 Å². The summed E-state index contributed by atoms with van der Waals surface area (Å²) in [5.41, 5.74) is 0.844. The van der Waals surface area contributed by atoms with E-state index in [0.717, 1.165) is 24.4 Å². The van der Waals surface area contributed by atoms with Gasteiger partial charge in [-0.15, -0.1) is 11.8 Å². The van der Waals surface area contributed by atoms with Crippen molar-refractivity contribution in [1.29, 1.82) is 0 Å². The minimum absolute atomic E-state index is 0.226. The normalized spacial score (nSPS) is 15.7. The van der Waals surface area contributed by atoms with Crippen LogP contribution in [0.1, 0.15) is 18.4 Å². The molecule has 1 fully saturated rings. The summed E-state index contributed by atoms with van der Waals surface area (Å²) < 4.78 is 18.9. The highest BCUT2D eigenvalue weighted by atomic mass is 32.2. The molecule has 1 heterocycles. The first-order chi connectivity index (χ1) is 10.8. The van der Waals surface area contributed by atoms with Gasteiger partial charge in [-0.3, -0.25) is 0 Å². The Bertz CT molecular complexity index is 614. The van der Waals surface area contributed by atoms with Crippen molar-refractivity contribution in [3.63, 3.8) is 0 Å². The zero-order valence-corrected chi connectivity index (χ0v) is 13.2. The fourth-order valence-electron chi connectivity index (χ4n) is 2.54. The van der Waals surface area contributed by atoms with E-state index in [1.807, 2.05) is 30.0 Å². The Kier molecular flexibility index (Phi) is 5.35. The number of halogens is 1. The van der Waals surface area contributed by atoms with Gasteiger partial charge >= 0.3 is 0 Å². The predicted molar refractivity (Wildman–Crippen MR) is 88.9 cm³/mol. The number of rotatable bonds is 5. The molecule has 1 N–H and O–H groups in total. The summed E-state index contributed by atoms with van der Waals surface area (Å²) in [5.74, 6) is 0.611. The van der Waals surface area contributed by atoms with E-state index in [1.165, 1.54) is 29.9 Å². The second-order valence-electron chi connectivity index (χ2n) is 5.46. The number of benzene rings is 2. The van der Waals surface area contributed by atoms with E-state index in [1.54, 1.807) is 6.07 Å². The molecule has 2 nitrogen and oxygen atoms in total. The van der Waals surface area contributed by atoms with Crippen molar-refractivity contribution in [2.24, 2.45) is 0 Å². The number of ether oxygens (including phenoxy) is 1. The number of hydrogen-bond donors (Lipinski definition) is 1. The van der Waals surface area contributed by atoms with Crippen molar-refractivity contribution in [2.45, 2.75) is 29.6 Å². The van der Waals surface area contributed by atoms with Crippen LogP contribution in [0, 0.1) is 5.82 Å². The molecular weight excluding hydrogens is 297 g/mol. The zero-order valence-electron chi connectivity index (χ0n) is 12.4. The number of nitrogens with one attached hydrogen (secondary N) is 1. The minimum atomic E-state index is -0.226. The van der Waals surface area contributed by atoms with E-state index in [9.17, 15) is 4.39 Å². The quantitative estimate of drug-likeness (QED) is 0.891. The van der Waals surface area contributed by atoms with E-state index in [2.05, 4.69) is 17.4 Å². The van der Waals surface area contributed by atoms with Crippen LogP contribution >= 0.6 is 11.8 Å². The molecule has 0 radical (unpaired) electrons. The standard InChI is InChI=1S/C18H20FNOS/c19-15-4-1-3-14(11-15)13-21-16-5-2-6-18(12-16)22-17-7-9-20-10-8-17/h1-6,11-12,17,20H,7-10,13H2. The third kappa shape index (κ3) is 4.49. The van der Waals surface area contributed by atoms with Crippen molar-refractivity contribution >= 4 is 11.8 Å². The average Bonchev–Trinajstić information content (AvgIpc) is 2.54. The summed E-state index contributed by atoms with van der Waals surface area (Å²) in [6.45, 7) is 2.60. The smallest absolute Gasteiger partial charge is 0.123 e. The van der Waals surface area contributed by atoms with Gasteiger partial charge in [0.25, 0.3) is 0 Å². The molecule has 0 aliphatic carbocycles. The summed E-state index contributed by atoms with van der Waals surface area (Å²) >= 11 is 1.92. The molecule has 0 spiro atoms. The largest absolute Gasteiger partial charge is 0.489 e. The number of hydrogen-bond acceptors (Lipinski definition) is 3. The van der Waals surface area contributed by atoms with Gasteiger partial charge in [-0.05, 0) is 61.8 Å². The summed E-state index contributed by atoms with van der Waals surface area (Å²) in [6.07, 6.45) is 2.41. The lowest BCUT2D eigenvalue weighted by Gasteiger charge is -2.22. The first-order valence-electron chi connectivity index (χ1n) is 7.64. The summed E-state index contributed by atoms with van der Waals surface area (Å²) in [5, 5.41) is 4.07. The van der Waals surface area contributed by atoms with Gasteiger partial charge in [0.05, 0.1) is 0 Å². The molecule has 2 aromatic rings. The molecule has 0 atom stereocenters. The lowest BCUT2D eigenvalue weighted by molar-refractivity contribution is 0.305. The Hall–Kier alpha value is -1.52. The van der Waals surface area contributed by atoms with Crippen LogP contribution in [0.25, 0.3) is 0 Å². The first-order valence-corrected chi connectivity index (χ1v) is 8.52. The van der Waals surface area contributed by atoms with Gasteiger partial charge in [-0.2, -0.15) is 0 Å². The maximum Gasteiger partial charge on any atom is 0.123 e. The van der Waals surface area contributed by atoms with Crippen molar-refractivity contribution in [3.05, 3.63) is 59.9 Å². The summed E-state index contributed by atoms with van der Waals surface area (Å²) in [7, 11) is 0. The van der Waals surface area contributed by atoms with Crippen LogP contribution in [0.15, 0.2) is 53.4 Å². The molecule has 0 saturated carbocycles. The molecule has 116 valence electrons. The van der Waals surface area contributed by atoms with Crippen LogP contribution in [0.5, 0.6) is 5.75 Å². The van der Waals surface area contributed by atoms with Crippen molar-refractivity contribution in [2.75, 3.05) is 13.1 Å². The highest BCUT2D eigenvalue weighted by Crippen LogP contribution is 2.31. The molecule has 1 aliphatic heterocycles. The van der Waals surface area contributed by atoms with E-state index in [4.69, 9.17) is 4.74 Å². The molecule has 0 bridgehead atoms. The lowest BCUT2D eigenvalue weighted by Crippen LogP contribution is -2.29. The Morgan fingerprint density at radius 3 is 2.73 bits per heavy atom. The summed E-state index contributed by atoms with van der Waals surface area (Å²) in [4.78, 5) is 1.24. The highest BCUT2D eigenvalue weighted by Gasteiger charge is 2.14. The third-order valence-electron chi connectivity index (χ3n) is 3.69. The van der Waals surface area contributed by atoms with Crippen molar-refractivity contribution in [1.82, 2.24) is 5.32 Å². The molecule has 1 aliphatic rings. The van der Waals surface area contributed by atoms with Gasteiger partial charge < -0.3 is 10.1 Å². The van der Waals surface area contributed by atoms with Gasteiger partial charge in [0, 0.05) is 10.1 Å². The van der Waals surface area contributed by atoms with E-state index in [0.29, 0.717) is 11.9 Å². The van der Waals surface area contributed by atoms with Crippen molar-refractivity contribution < 1.29 is 9.13 Å². The van der Waals surface area contributed by atoms with Crippen LogP contribution in [-0.4, -0.2) is 18.3 Å². The Morgan fingerprint density at radius 2 is 1.91 bits per heavy atom. The second-order valence-corrected chi connectivity index (χ2v) is 6.83. The zero-order chi connectivity index (χ0) is 15.2. The Balaban J connectivity index is 1.58. The van der Waals surface area contributed by atoms with Crippen LogP contribution < -0.4 is 10.1 Å². The third-order valence-corrected chi connectivity index (χ3v) is 5.02. The Labute approximate surface area is 135 Å². The lowest BCUT2D eigenvalue weighted by atomic mass is 10.2. The molecule has 1 saturated heterocycles. The van der Waals surface area contributed by atoms with Gasteiger partial charge in [-0.1, -0.05) is 18.2 Å². The topological polar surface area (TPSA) is 21.3 Å². The van der Waals surface area contributed by atoms with Gasteiger partial charge in [0.1, 0.15) is 18.2 Å². The maximum atomic E-state index is 13.2. The van der Waals surface area contributed by atoms with Crippen LogP contribution in [0.2, 0.25) is 0 Å².